The molecule has 0 aromatic heterocycles. The zero-order valence-corrected chi connectivity index (χ0v) is 14.7. The molecule has 0 saturated heterocycles. The molecule has 0 bridgehead atoms. The number of hydrogen-bond donors (Lipinski definition) is 2. The van der Waals surface area contributed by atoms with E-state index in [1.807, 2.05) is 48.6 Å². The summed E-state index contributed by atoms with van der Waals surface area (Å²) in [6, 6.07) is 16.5. The van der Waals surface area contributed by atoms with Gasteiger partial charge in [0.1, 0.15) is 11.8 Å². The number of benzene rings is 2. The number of rotatable bonds is 5. The van der Waals surface area contributed by atoms with Crippen LogP contribution in [0.1, 0.15) is 24.0 Å². The van der Waals surface area contributed by atoms with E-state index >= 15 is 0 Å². The molecule has 2 aromatic carbocycles. The van der Waals surface area contributed by atoms with Gasteiger partial charge in [-0.25, -0.2) is 0 Å². The first kappa shape index (κ1) is 17.8. The van der Waals surface area contributed by atoms with Gasteiger partial charge in [-0.3, -0.25) is 4.79 Å². The van der Waals surface area contributed by atoms with Crippen molar-refractivity contribution in [1.82, 2.24) is 0 Å². The van der Waals surface area contributed by atoms with Gasteiger partial charge in [-0.05, 0) is 48.2 Å². The summed E-state index contributed by atoms with van der Waals surface area (Å²) in [6.45, 7) is 0. The van der Waals surface area contributed by atoms with Crippen molar-refractivity contribution in [3.8, 4) is 6.07 Å². The molecule has 2 aromatic rings. The van der Waals surface area contributed by atoms with Gasteiger partial charge in [0.25, 0.3) is 5.91 Å². The molecule has 0 aliphatic heterocycles. The minimum atomic E-state index is -0.582. The van der Waals surface area contributed by atoms with Crippen LogP contribution >= 0.6 is 11.6 Å². The lowest BCUT2D eigenvalue weighted by Gasteiger charge is -2.06. The Kier molecular flexibility index (Phi) is 5.40. The molecule has 3 rings (SSSR count). The smallest absolute Gasteiger partial charge is 0.269 e. The summed E-state index contributed by atoms with van der Waals surface area (Å²) >= 11 is 5.86. The number of aliphatic hydroxyl groups excluding tert-OH is 1. The van der Waals surface area contributed by atoms with Gasteiger partial charge in [0.15, 0.2) is 5.57 Å². The fraction of sp³-hybridized carbons (Fsp3) is 0.143. The predicted molar refractivity (Wildman–Crippen MR) is 103 cm³/mol. The first-order chi connectivity index (χ1) is 12.6. The number of nitrogens with zero attached hydrogens (tertiary/aromatic N) is 1. The average Bonchev–Trinajstić information content (AvgIpc) is 3.48. The number of allylic oxidation sites excluding steroid dienone is 1. The van der Waals surface area contributed by atoms with Crippen LogP contribution in [-0.2, 0) is 4.79 Å². The fourth-order valence-electron chi connectivity index (χ4n) is 2.42. The van der Waals surface area contributed by atoms with Crippen LogP contribution in [0.15, 0.2) is 59.9 Å². The van der Waals surface area contributed by atoms with Crippen LogP contribution in [-0.4, -0.2) is 11.0 Å². The Balaban J connectivity index is 1.66. The molecule has 4 nitrogen and oxygen atoms in total. The van der Waals surface area contributed by atoms with Gasteiger partial charge in [-0.1, -0.05) is 48.0 Å². The minimum Gasteiger partial charge on any atom is -0.510 e. The van der Waals surface area contributed by atoms with Crippen molar-refractivity contribution in [2.24, 2.45) is 5.92 Å². The van der Waals surface area contributed by atoms with E-state index in [2.05, 4.69) is 5.32 Å². The molecule has 1 saturated carbocycles. The third-order valence-corrected chi connectivity index (χ3v) is 4.32. The number of halogens is 1. The number of carbonyl (C=O) groups is 1. The zero-order valence-electron chi connectivity index (χ0n) is 13.9. The van der Waals surface area contributed by atoms with Gasteiger partial charge in [-0.2, -0.15) is 5.26 Å². The predicted octanol–water partition coefficient (Wildman–Crippen LogP) is 5.19. The van der Waals surface area contributed by atoms with Crippen molar-refractivity contribution >= 4 is 35.3 Å². The second-order valence-electron chi connectivity index (χ2n) is 6.11. The van der Waals surface area contributed by atoms with E-state index in [4.69, 9.17) is 16.9 Å². The lowest BCUT2D eigenvalue weighted by atomic mass is 10.1. The van der Waals surface area contributed by atoms with E-state index < -0.39 is 5.91 Å². The van der Waals surface area contributed by atoms with Gasteiger partial charge >= 0.3 is 0 Å². The summed E-state index contributed by atoms with van der Waals surface area (Å²) in [5.41, 5.74) is 2.36. The molecule has 0 atom stereocenters. The molecule has 1 amide bonds. The molecule has 1 fully saturated rings. The van der Waals surface area contributed by atoms with Gasteiger partial charge in [-0.15, -0.1) is 0 Å². The molecule has 2 N–H and O–H groups in total. The second kappa shape index (κ2) is 7.90. The standard InChI is InChI=1S/C21H17ClN2O2/c22-17-9-3-14(4-10-17)1-2-15-5-11-18(12-6-15)24-21(26)19(13-23)20(25)16-7-8-16/h1-6,9-12,16,25H,7-8H2,(H,24,26)/b2-1-,20-19-. The van der Waals surface area contributed by atoms with Crippen LogP contribution < -0.4 is 5.32 Å². The lowest BCUT2D eigenvalue weighted by molar-refractivity contribution is -0.112. The van der Waals surface area contributed by atoms with Crippen molar-refractivity contribution in [3.05, 3.63) is 76.0 Å². The highest BCUT2D eigenvalue weighted by molar-refractivity contribution is 6.30. The Labute approximate surface area is 157 Å². The molecule has 1 aliphatic carbocycles. The number of nitrogens with one attached hydrogen (secondary N) is 1. The maximum absolute atomic E-state index is 12.2. The molecule has 26 heavy (non-hydrogen) atoms. The molecular weight excluding hydrogens is 348 g/mol. The van der Waals surface area contributed by atoms with E-state index in [0.29, 0.717) is 10.7 Å². The Bertz CT molecular complexity index is 903. The fourth-order valence-corrected chi connectivity index (χ4v) is 2.55. The summed E-state index contributed by atoms with van der Waals surface area (Å²) in [5, 5.41) is 22.4. The molecule has 1 aliphatic rings. The van der Waals surface area contributed by atoms with Crippen LogP contribution in [0.3, 0.4) is 0 Å². The number of anilines is 1. The summed E-state index contributed by atoms with van der Waals surface area (Å²) in [5.74, 6) is -0.732. The van der Waals surface area contributed by atoms with Gasteiger partial charge in [0.2, 0.25) is 0 Å². The molecule has 0 radical (unpaired) electrons. The monoisotopic (exact) mass is 364 g/mol. The highest BCUT2D eigenvalue weighted by atomic mass is 35.5. The molecule has 0 unspecified atom stereocenters. The number of carbonyl (C=O) groups excluding carboxylic acids is 1. The Morgan fingerprint density at radius 2 is 1.62 bits per heavy atom. The topological polar surface area (TPSA) is 73.1 Å². The highest BCUT2D eigenvalue weighted by Gasteiger charge is 2.30. The van der Waals surface area contributed by atoms with Gasteiger partial charge in [0, 0.05) is 16.6 Å². The van der Waals surface area contributed by atoms with Crippen LogP contribution in [0.5, 0.6) is 0 Å². The van der Waals surface area contributed by atoms with Gasteiger partial charge < -0.3 is 10.4 Å². The van der Waals surface area contributed by atoms with Crippen LogP contribution in [0, 0.1) is 17.2 Å². The third-order valence-electron chi connectivity index (χ3n) is 4.07. The van der Waals surface area contributed by atoms with Crippen molar-refractivity contribution < 1.29 is 9.90 Å². The van der Waals surface area contributed by atoms with Crippen molar-refractivity contribution in [3.63, 3.8) is 0 Å². The van der Waals surface area contributed by atoms with Gasteiger partial charge in [0.05, 0.1) is 0 Å². The van der Waals surface area contributed by atoms with E-state index in [9.17, 15) is 9.90 Å². The van der Waals surface area contributed by atoms with Crippen molar-refractivity contribution in [1.29, 1.82) is 5.26 Å². The SMILES string of the molecule is N#C/C(C(=O)Nc1ccc(/C=C\c2ccc(Cl)cc2)cc1)=C(/O)C1CC1. The summed E-state index contributed by atoms with van der Waals surface area (Å²) in [4.78, 5) is 12.2. The quantitative estimate of drug-likeness (QED) is 0.331. The largest absolute Gasteiger partial charge is 0.510 e. The maximum Gasteiger partial charge on any atom is 0.269 e. The Morgan fingerprint density at radius 3 is 2.12 bits per heavy atom. The van der Waals surface area contributed by atoms with Crippen molar-refractivity contribution in [2.75, 3.05) is 5.32 Å². The molecule has 130 valence electrons. The number of nitriles is 1. The summed E-state index contributed by atoms with van der Waals surface area (Å²) < 4.78 is 0. The van der Waals surface area contributed by atoms with Crippen LogP contribution in [0.2, 0.25) is 5.02 Å². The van der Waals surface area contributed by atoms with E-state index in [0.717, 1.165) is 24.0 Å². The molecule has 5 heteroatoms. The first-order valence-corrected chi connectivity index (χ1v) is 8.63. The summed E-state index contributed by atoms with van der Waals surface area (Å²) in [7, 11) is 0. The molecular formula is C21H17ClN2O2. The average molecular weight is 365 g/mol. The van der Waals surface area contributed by atoms with Crippen molar-refractivity contribution in [2.45, 2.75) is 12.8 Å². The third kappa shape index (κ3) is 4.53. The zero-order chi connectivity index (χ0) is 18.5. The van der Waals surface area contributed by atoms with E-state index in [1.165, 1.54) is 0 Å². The number of hydrogen-bond acceptors (Lipinski definition) is 3. The summed E-state index contributed by atoms with van der Waals surface area (Å²) in [6.07, 6.45) is 5.56. The molecule has 0 spiro atoms. The Morgan fingerprint density at radius 1 is 1.08 bits per heavy atom. The van der Waals surface area contributed by atoms with Crippen LogP contribution in [0.25, 0.3) is 12.2 Å². The van der Waals surface area contributed by atoms with E-state index in [1.54, 1.807) is 18.2 Å². The number of aliphatic hydroxyl groups is 1. The minimum absolute atomic E-state index is 0.0456. The molecule has 0 heterocycles. The Hall–Kier alpha value is -3.03. The first-order valence-electron chi connectivity index (χ1n) is 8.25. The van der Waals surface area contributed by atoms with Crippen LogP contribution in [0.4, 0.5) is 5.69 Å². The lowest BCUT2D eigenvalue weighted by Crippen LogP contribution is -2.15. The van der Waals surface area contributed by atoms with E-state index in [-0.39, 0.29) is 17.3 Å². The normalized spacial score (nSPS) is 14.6. The maximum atomic E-state index is 12.2. The second-order valence-corrected chi connectivity index (χ2v) is 6.54. The number of amides is 1. The highest BCUT2D eigenvalue weighted by Crippen LogP contribution is 2.36.